The molecule has 0 spiro atoms. The van der Waals surface area contributed by atoms with E-state index in [1.807, 2.05) is 0 Å². The predicted molar refractivity (Wildman–Crippen MR) is 115 cm³/mol. The molecule has 0 aliphatic rings. The van der Waals surface area contributed by atoms with Gasteiger partial charge >= 0.3 is 0 Å². The van der Waals surface area contributed by atoms with Crippen LogP contribution in [0.4, 0.5) is 0 Å². The van der Waals surface area contributed by atoms with Gasteiger partial charge in [0.05, 0.1) is 14.2 Å². The molecule has 1 aromatic carbocycles. The highest BCUT2D eigenvalue weighted by Crippen LogP contribution is 2.55. The first-order valence-corrected chi connectivity index (χ1v) is 12.4. The summed E-state index contributed by atoms with van der Waals surface area (Å²) >= 11 is 0. The van der Waals surface area contributed by atoms with Crippen molar-refractivity contribution in [2.24, 2.45) is 0 Å². The molecule has 0 N–H and O–H groups in total. The molecule has 150 valence electrons. The van der Waals surface area contributed by atoms with E-state index < -0.39 is 9.04 Å². The van der Waals surface area contributed by atoms with Gasteiger partial charge in [-0.25, -0.2) is 0 Å². The van der Waals surface area contributed by atoms with Gasteiger partial charge in [-0.15, -0.1) is 0 Å². The number of rotatable bonds is 4. The van der Waals surface area contributed by atoms with Crippen LogP contribution in [-0.2, 0) is 16.2 Å². The van der Waals surface area contributed by atoms with Crippen LogP contribution in [-0.4, -0.2) is 23.3 Å². The van der Waals surface area contributed by atoms with Gasteiger partial charge in [-0.05, 0) is 29.3 Å². The summed E-state index contributed by atoms with van der Waals surface area (Å²) in [5, 5.41) is 0. The zero-order valence-corrected chi connectivity index (χ0v) is 20.5. The van der Waals surface area contributed by atoms with E-state index in [1.54, 1.807) is 14.2 Å². The number of hydrogen-bond donors (Lipinski definition) is 0. The summed E-state index contributed by atoms with van der Waals surface area (Å²) in [6, 6.07) is 0. The van der Waals surface area contributed by atoms with Gasteiger partial charge < -0.3 is 13.9 Å². The van der Waals surface area contributed by atoms with Crippen LogP contribution in [0.3, 0.4) is 0 Å². The minimum atomic E-state index is -1.33. The molecule has 0 aliphatic carbocycles. The van der Waals surface area contributed by atoms with E-state index in [9.17, 15) is 0 Å². The van der Waals surface area contributed by atoms with Crippen LogP contribution in [0.25, 0.3) is 0 Å². The van der Waals surface area contributed by atoms with E-state index >= 15 is 0 Å². The van der Waals surface area contributed by atoms with Gasteiger partial charge in [-0.1, -0.05) is 62.3 Å². The second kappa shape index (κ2) is 7.45. The molecule has 0 aromatic heterocycles. The van der Waals surface area contributed by atoms with Crippen molar-refractivity contribution in [1.29, 1.82) is 0 Å². The van der Waals surface area contributed by atoms with Gasteiger partial charge in [0, 0.05) is 16.7 Å². The topological polar surface area (TPSA) is 27.7 Å². The van der Waals surface area contributed by atoms with Gasteiger partial charge in [0.25, 0.3) is 0 Å². The first kappa shape index (κ1) is 22.9. The number of methoxy groups -OCH3 is 2. The maximum absolute atomic E-state index is 6.56. The number of hydrogen-bond acceptors (Lipinski definition) is 3. The van der Waals surface area contributed by atoms with E-state index in [0.717, 1.165) is 33.9 Å². The van der Waals surface area contributed by atoms with E-state index in [-0.39, 0.29) is 16.2 Å². The van der Waals surface area contributed by atoms with E-state index in [4.69, 9.17) is 13.9 Å². The quantitative estimate of drug-likeness (QED) is 0.603. The Morgan fingerprint density at radius 1 is 0.538 bits per heavy atom. The molecule has 0 heterocycles. The lowest BCUT2D eigenvalue weighted by molar-refractivity contribution is 0.340. The van der Waals surface area contributed by atoms with Crippen LogP contribution >= 0.6 is 0 Å². The minimum absolute atomic E-state index is 0.115. The van der Waals surface area contributed by atoms with E-state index in [1.165, 1.54) is 0 Å². The van der Waals surface area contributed by atoms with E-state index in [2.05, 4.69) is 75.4 Å². The summed E-state index contributed by atoms with van der Waals surface area (Å²) in [5.74, 6) is 2.77. The van der Waals surface area contributed by atoms with Gasteiger partial charge in [0.15, 0.2) is 0 Å². The normalized spacial score (nSPS) is 13.2. The fourth-order valence-corrected chi connectivity index (χ4v) is 4.20. The smallest absolute Gasteiger partial charge is 0.229 e. The molecular formula is C22H40O3Si. The largest absolute Gasteiger partial charge is 0.546 e. The molecule has 1 aromatic rings. The SMILES string of the molecule is COc1c(C(C)(C)C)c(OC)c(C(C)(C)C)c(O[SiH](C)C)c1C(C)(C)C. The molecule has 1 rings (SSSR count). The van der Waals surface area contributed by atoms with Crippen molar-refractivity contribution < 1.29 is 13.9 Å². The third kappa shape index (κ3) is 4.57. The third-order valence-electron chi connectivity index (χ3n) is 4.37. The summed E-state index contributed by atoms with van der Waals surface area (Å²) in [4.78, 5) is 0. The highest BCUT2D eigenvalue weighted by atomic mass is 28.3. The average Bonchev–Trinajstić information content (AvgIpc) is 2.40. The summed E-state index contributed by atoms with van der Waals surface area (Å²) in [6.45, 7) is 24.4. The zero-order valence-electron chi connectivity index (χ0n) is 19.3. The fourth-order valence-electron chi connectivity index (χ4n) is 3.49. The van der Waals surface area contributed by atoms with Crippen LogP contribution in [0, 0.1) is 0 Å². The Labute approximate surface area is 163 Å². The lowest BCUT2D eigenvalue weighted by Gasteiger charge is -2.38. The maximum atomic E-state index is 6.56. The molecule has 0 saturated heterocycles. The Morgan fingerprint density at radius 2 is 0.808 bits per heavy atom. The zero-order chi connectivity index (χ0) is 20.7. The Hall–Kier alpha value is -1.16. The van der Waals surface area contributed by atoms with Gasteiger partial charge in [0.1, 0.15) is 17.2 Å². The van der Waals surface area contributed by atoms with Gasteiger partial charge in [0.2, 0.25) is 9.04 Å². The van der Waals surface area contributed by atoms with Gasteiger partial charge in [-0.2, -0.15) is 0 Å². The fraction of sp³-hybridized carbons (Fsp3) is 0.727. The number of ether oxygens (including phenoxy) is 2. The summed E-state index contributed by atoms with van der Waals surface area (Å²) in [7, 11) is 2.18. The van der Waals surface area contributed by atoms with Crippen molar-refractivity contribution in [1.82, 2.24) is 0 Å². The third-order valence-corrected chi connectivity index (χ3v) is 5.08. The van der Waals surface area contributed by atoms with Gasteiger partial charge in [-0.3, -0.25) is 0 Å². The molecule has 0 atom stereocenters. The Kier molecular flexibility index (Phi) is 6.56. The van der Waals surface area contributed by atoms with Crippen molar-refractivity contribution in [3.8, 4) is 17.2 Å². The van der Waals surface area contributed by atoms with Crippen molar-refractivity contribution in [3.05, 3.63) is 16.7 Å². The Bertz CT molecular complexity index is 598. The molecule has 0 unspecified atom stereocenters. The molecule has 26 heavy (non-hydrogen) atoms. The highest BCUT2D eigenvalue weighted by Gasteiger charge is 2.39. The summed E-state index contributed by atoms with van der Waals surface area (Å²) < 4.78 is 18.6. The molecule has 0 saturated carbocycles. The van der Waals surface area contributed by atoms with Crippen LogP contribution < -0.4 is 13.9 Å². The Morgan fingerprint density at radius 3 is 1.00 bits per heavy atom. The molecular weight excluding hydrogens is 340 g/mol. The number of benzene rings is 1. The molecule has 0 fully saturated rings. The highest BCUT2D eigenvalue weighted by molar-refractivity contribution is 6.49. The Balaban J connectivity index is 4.30. The molecule has 0 amide bonds. The van der Waals surface area contributed by atoms with Crippen LogP contribution in [0.2, 0.25) is 13.1 Å². The van der Waals surface area contributed by atoms with Crippen molar-refractivity contribution in [2.45, 2.75) is 91.7 Å². The molecule has 0 aliphatic heterocycles. The summed E-state index contributed by atoms with van der Waals surface area (Å²) in [5.41, 5.74) is 3.07. The van der Waals surface area contributed by atoms with Crippen LogP contribution in [0.5, 0.6) is 17.2 Å². The lowest BCUT2D eigenvalue weighted by Crippen LogP contribution is -2.28. The minimum Gasteiger partial charge on any atom is -0.546 e. The monoisotopic (exact) mass is 380 g/mol. The van der Waals surface area contributed by atoms with Crippen molar-refractivity contribution in [2.75, 3.05) is 14.2 Å². The predicted octanol–water partition coefficient (Wildman–Crippen LogP) is 5.96. The van der Waals surface area contributed by atoms with E-state index in [0.29, 0.717) is 0 Å². The standard InChI is InChI=1S/C22H40O3Si/c1-20(2,3)14-17(23-10)15(21(4,5)6)19(25-26(12)13)16(18(14)24-11)22(7,8)9/h26H,1-13H3. The lowest BCUT2D eigenvalue weighted by atomic mass is 9.73. The summed E-state index contributed by atoms with van der Waals surface area (Å²) in [6.07, 6.45) is 0. The molecule has 4 heteroatoms. The van der Waals surface area contributed by atoms with Crippen molar-refractivity contribution >= 4 is 9.04 Å². The van der Waals surface area contributed by atoms with Crippen molar-refractivity contribution in [3.63, 3.8) is 0 Å². The van der Waals surface area contributed by atoms with Crippen LogP contribution in [0.15, 0.2) is 0 Å². The molecule has 0 bridgehead atoms. The maximum Gasteiger partial charge on any atom is 0.229 e. The molecule has 3 nitrogen and oxygen atoms in total. The second-order valence-electron chi connectivity index (χ2n) is 10.4. The first-order chi connectivity index (χ1) is 11.6. The molecule has 0 radical (unpaired) electrons. The average molecular weight is 381 g/mol. The first-order valence-electron chi connectivity index (χ1n) is 9.57. The second-order valence-corrected chi connectivity index (χ2v) is 12.8. The van der Waals surface area contributed by atoms with Crippen LogP contribution in [0.1, 0.15) is 79.0 Å².